The van der Waals surface area contributed by atoms with E-state index in [0.717, 1.165) is 0 Å². The molecule has 0 atom stereocenters. The van der Waals surface area contributed by atoms with E-state index in [9.17, 15) is 9.18 Å². The number of carbonyl (C=O) groups excluding carboxylic acids is 1. The summed E-state index contributed by atoms with van der Waals surface area (Å²) in [7, 11) is 5.29. The Morgan fingerprint density at radius 1 is 1.21 bits per heavy atom. The molecule has 76 valence electrons. The van der Waals surface area contributed by atoms with Crippen molar-refractivity contribution in [1.82, 2.24) is 0 Å². The average Bonchev–Trinajstić information content (AvgIpc) is 2.07. The first-order valence-electron chi connectivity index (χ1n) is 4.28. The fourth-order valence-corrected chi connectivity index (χ4v) is 0.824. The predicted molar refractivity (Wildman–Crippen MR) is 53.5 cm³/mol. The van der Waals surface area contributed by atoms with Gasteiger partial charge in [0.25, 0.3) is 0 Å². The zero-order valence-electron chi connectivity index (χ0n) is 8.54. The van der Waals surface area contributed by atoms with Crippen molar-refractivity contribution in [2.24, 2.45) is 0 Å². The minimum absolute atomic E-state index is 0.142. The number of carbonyl (C=O) groups is 1. The number of anilines is 1. The minimum atomic E-state index is -0.312. The van der Waals surface area contributed by atoms with Crippen molar-refractivity contribution in [2.75, 3.05) is 26.5 Å². The van der Waals surface area contributed by atoms with Gasteiger partial charge in [-0.2, -0.15) is 0 Å². The smallest absolute Gasteiger partial charge is 0.275 e. The minimum Gasteiger partial charge on any atom is -0.275 e. The number of benzene rings is 1. The van der Waals surface area contributed by atoms with Gasteiger partial charge in [-0.3, -0.25) is 5.32 Å². The van der Waals surface area contributed by atoms with E-state index in [1.807, 2.05) is 0 Å². The highest BCUT2D eigenvalue weighted by atomic mass is 19.1. The van der Waals surface area contributed by atoms with E-state index in [1.54, 1.807) is 21.1 Å². The maximum absolute atomic E-state index is 12.5. The summed E-state index contributed by atoms with van der Waals surface area (Å²) in [6.07, 6.45) is 0. The van der Waals surface area contributed by atoms with Gasteiger partial charge >= 0.3 is 6.03 Å². The summed E-state index contributed by atoms with van der Waals surface area (Å²) in [4.78, 5) is 11.5. The van der Waals surface area contributed by atoms with Crippen LogP contribution in [0.1, 0.15) is 0 Å². The van der Waals surface area contributed by atoms with Gasteiger partial charge < -0.3 is 0 Å². The number of quaternary nitrogens is 1. The number of urea groups is 1. The lowest BCUT2D eigenvalue weighted by atomic mass is 10.3. The number of rotatable bonds is 1. The van der Waals surface area contributed by atoms with Crippen molar-refractivity contribution in [3.05, 3.63) is 30.1 Å². The Bertz CT molecular complexity index is 327. The van der Waals surface area contributed by atoms with Crippen LogP contribution in [0.25, 0.3) is 0 Å². The largest absolute Gasteiger partial charge is 0.420 e. The SMILES string of the molecule is C[N+](C)(C)C(=O)Nc1ccc(F)cc1. The molecule has 1 aromatic carbocycles. The molecule has 0 aliphatic carbocycles. The molecule has 14 heavy (non-hydrogen) atoms. The van der Waals surface area contributed by atoms with Crippen molar-refractivity contribution in [3.8, 4) is 0 Å². The van der Waals surface area contributed by atoms with Crippen molar-refractivity contribution >= 4 is 11.7 Å². The number of nitrogens with one attached hydrogen (secondary N) is 1. The van der Waals surface area contributed by atoms with Gasteiger partial charge in [0.1, 0.15) is 5.82 Å². The van der Waals surface area contributed by atoms with Crippen LogP contribution in [0, 0.1) is 5.82 Å². The van der Waals surface area contributed by atoms with E-state index in [-0.39, 0.29) is 16.3 Å². The van der Waals surface area contributed by atoms with Crippen LogP contribution in [0.3, 0.4) is 0 Å². The lowest BCUT2D eigenvalue weighted by Crippen LogP contribution is -2.44. The van der Waals surface area contributed by atoms with Gasteiger partial charge in [0.05, 0.1) is 21.1 Å². The van der Waals surface area contributed by atoms with E-state index in [2.05, 4.69) is 5.32 Å². The predicted octanol–water partition coefficient (Wildman–Crippen LogP) is 2.06. The number of amides is 2. The van der Waals surface area contributed by atoms with Crippen LogP contribution in [0.15, 0.2) is 24.3 Å². The molecule has 1 aromatic rings. The fraction of sp³-hybridized carbons (Fsp3) is 0.300. The molecule has 0 spiro atoms. The van der Waals surface area contributed by atoms with Crippen molar-refractivity contribution < 1.29 is 13.7 Å². The summed E-state index contributed by atoms with van der Waals surface area (Å²) in [6.45, 7) is 0. The van der Waals surface area contributed by atoms with Gasteiger partial charge in [0.2, 0.25) is 0 Å². The van der Waals surface area contributed by atoms with Crippen LogP contribution in [-0.4, -0.2) is 31.7 Å². The molecule has 0 saturated heterocycles. The molecule has 0 saturated carbocycles. The molecule has 0 aliphatic heterocycles. The molecule has 0 bridgehead atoms. The fourth-order valence-electron chi connectivity index (χ4n) is 0.824. The van der Waals surface area contributed by atoms with E-state index in [1.165, 1.54) is 24.3 Å². The van der Waals surface area contributed by atoms with E-state index in [4.69, 9.17) is 0 Å². The van der Waals surface area contributed by atoms with Crippen molar-refractivity contribution in [2.45, 2.75) is 0 Å². The topological polar surface area (TPSA) is 29.1 Å². The third kappa shape index (κ3) is 2.81. The van der Waals surface area contributed by atoms with Gasteiger partial charge in [-0.05, 0) is 24.3 Å². The van der Waals surface area contributed by atoms with Crippen LogP contribution in [0.4, 0.5) is 14.9 Å². The summed E-state index contributed by atoms with van der Waals surface area (Å²) < 4.78 is 12.7. The molecule has 0 heterocycles. The molecule has 0 unspecified atom stereocenters. The highest BCUT2D eigenvalue weighted by molar-refractivity contribution is 5.83. The van der Waals surface area contributed by atoms with E-state index in [0.29, 0.717) is 5.69 Å². The summed E-state index contributed by atoms with van der Waals surface area (Å²) in [5.41, 5.74) is 0.601. The summed E-state index contributed by atoms with van der Waals surface area (Å²) >= 11 is 0. The quantitative estimate of drug-likeness (QED) is 0.686. The second kappa shape index (κ2) is 3.75. The third-order valence-corrected chi connectivity index (χ3v) is 1.70. The van der Waals surface area contributed by atoms with E-state index >= 15 is 0 Å². The van der Waals surface area contributed by atoms with Crippen molar-refractivity contribution in [3.63, 3.8) is 0 Å². The highest BCUT2D eigenvalue weighted by Crippen LogP contribution is 2.09. The molecule has 0 aromatic heterocycles. The number of hydrogen-bond donors (Lipinski definition) is 1. The zero-order valence-corrected chi connectivity index (χ0v) is 8.54. The monoisotopic (exact) mass is 197 g/mol. The Morgan fingerprint density at radius 2 is 1.71 bits per heavy atom. The molecular formula is C10H14FN2O+. The summed E-state index contributed by atoms with van der Waals surface area (Å²) in [5.74, 6) is -0.312. The first kappa shape index (κ1) is 10.7. The van der Waals surface area contributed by atoms with E-state index < -0.39 is 0 Å². The third-order valence-electron chi connectivity index (χ3n) is 1.70. The molecule has 3 nitrogen and oxygen atoms in total. The highest BCUT2D eigenvalue weighted by Gasteiger charge is 2.19. The van der Waals surface area contributed by atoms with Gasteiger partial charge in [-0.1, -0.05) is 0 Å². The number of halogens is 1. The Kier molecular flexibility index (Phi) is 2.86. The van der Waals surface area contributed by atoms with Crippen LogP contribution < -0.4 is 5.32 Å². The van der Waals surface area contributed by atoms with Crippen LogP contribution >= 0.6 is 0 Å². The van der Waals surface area contributed by atoms with Gasteiger partial charge in [-0.15, -0.1) is 0 Å². The van der Waals surface area contributed by atoms with Crippen LogP contribution in [0.5, 0.6) is 0 Å². The lowest BCUT2D eigenvalue weighted by Gasteiger charge is -2.20. The maximum atomic E-state index is 12.5. The maximum Gasteiger partial charge on any atom is 0.420 e. The number of nitrogens with zero attached hydrogens (tertiary/aromatic N) is 1. The Morgan fingerprint density at radius 3 is 2.14 bits per heavy atom. The second-order valence-electron chi connectivity index (χ2n) is 3.95. The average molecular weight is 197 g/mol. The lowest BCUT2D eigenvalue weighted by molar-refractivity contribution is -0.784. The standard InChI is InChI=1S/C10H13FN2O/c1-13(2,3)10(14)12-9-6-4-8(11)5-7-9/h4-7H,1-3H3/p+1. The van der Waals surface area contributed by atoms with Gasteiger partial charge in [0, 0.05) is 5.69 Å². The van der Waals surface area contributed by atoms with Crippen molar-refractivity contribution in [1.29, 1.82) is 0 Å². The molecule has 4 heteroatoms. The Labute approximate surface area is 82.7 Å². The molecule has 2 amide bonds. The zero-order chi connectivity index (χ0) is 10.8. The molecule has 0 aliphatic rings. The van der Waals surface area contributed by atoms with Crippen LogP contribution in [0.2, 0.25) is 0 Å². The Balaban J connectivity index is 2.71. The normalized spacial score (nSPS) is 11.1. The summed E-state index contributed by atoms with van der Waals surface area (Å²) in [6, 6.07) is 5.54. The van der Waals surface area contributed by atoms with Gasteiger partial charge in [0.15, 0.2) is 0 Å². The molecule has 0 radical (unpaired) electrons. The number of hydrogen-bond acceptors (Lipinski definition) is 1. The second-order valence-corrected chi connectivity index (χ2v) is 3.95. The molecule has 1 rings (SSSR count). The molecular weight excluding hydrogens is 183 g/mol. The Hall–Kier alpha value is -1.42. The molecule has 1 N–H and O–H groups in total. The van der Waals surface area contributed by atoms with Gasteiger partial charge in [-0.25, -0.2) is 13.7 Å². The first-order chi connectivity index (χ1) is 6.39. The summed E-state index contributed by atoms with van der Waals surface area (Å²) in [5, 5.41) is 2.68. The first-order valence-corrected chi connectivity index (χ1v) is 4.28. The molecule has 0 fully saturated rings. The van der Waals surface area contributed by atoms with Crippen LogP contribution in [-0.2, 0) is 0 Å².